The van der Waals surface area contributed by atoms with E-state index in [-0.39, 0.29) is 42.2 Å². The Kier molecular flexibility index (Phi) is 5.13. The monoisotopic (exact) mass is 382 g/mol. The SMILES string of the molecule is CC(=O)N1CC(=O)N(Cc2ccc(F)cc2)C2C(COCc3ccccc3)C21. The van der Waals surface area contributed by atoms with Gasteiger partial charge in [0.2, 0.25) is 11.8 Å². The molecule has 28 heavy (non-hydrogen) atoms. The van der Waals surface area contributed by atoms with Crippen LogP contribution >= 0.6 is 0 Å². The van der Waals surface area contributed by atoms with Gasteiger partial charge >= 0.3 is 0 Å². The smallest absolute Gasteiger partial charge is 0.242 e. The first-order chi connectivity index (χ1) is 13.5. The molecule has 0 radical (unpaired) electrons. The summed E-state index contributed by atoms with van der Waals surface area (Å²) in [4.78, 5) is 28.1. The van der Waals surface area contributed by atoms with Gasteiger partial charge in [-0.15, -0.1) is 0 Å². The number of carbonyl (C=O) groups excluding carboxylic acids is 2. The van der Waals surface area contributed by atoms with E-state index in [2.05, 4.69) is 0 Å². The molecule has 4 rings (SSSR count). The van der Waals surface area contributed by atoms with Gasteiger partial charge in [-0.25, -0.2) is 4.39 Å². The number of carbonyl (C=O) groups is 2. The zero-order chi connectivity index (χ0) is 19.7. The minimum absolute atomic E-state index is 0.00794. The Balaban J connectivity index is 1.44. The van der Waals surface area contributed by atoms with Crippen molar-refractivity contribution in [1.82, 2.24) is 9.80 Å². The number of rotatable bonds is 6. The number of amides is 2. The number of fused-ring (bicyclic) bond motifs is 1. The van der Waals surface area contributed by atoms with Crippen molar-refractivity contribution in [3.8, 4) is 0 Å². The van der Waals surface area contributed by atoms with Gasteiger partial charge < -0.3 is 14.5 Å². The Labute approximate surface area is 163 Å². The second-order valence-electron chi connectivity index (χ2n) is 7.44. The lowest BCUT2D eigenvalue weighted by Crippen LogP contribution is -2.51. The fourth-order valence-corrected chi connectivity index (χ4v) is 4.06. The van der Waals surface area contributed by atoms with Gasteiger partial charge in [-0.1, -0.05) is 42.5 Å². The molecule has 0 aromatic heterocycles. The summed E-state index contributed by atoms with van der Waals surface area (Å²) in [5.41, 5.74) is 1.97. The Morgan fingerprint density at radius 1 is 1.07 bits per heavy atom. The molecule has 1 saturated heterocycles. The van der Waals surface area contributed by atoms with E-state index in [9.17, 15) is 14.0 Å². The van der Waals surface area contributed by atoms with Crippen LogP contribution in [0.4, 0.5) is 4.39 Å². The lowest BCUT2D eigenvalue weighted by molar-refractivity contribution is -0.144. The molecule has 0 N–H and O–H groups in total. The summed E-state index contributed by atoms with van der Waals surface area (Å²) in [7, 11) is 0. The highest BCUT2D eigenvalue weighted by molar-refractivity contribution is 5.87. The lowest BCUT2D eigenvalue weighted by atomic mass is 10.2. The molecule has 2 amide bonds. The number of halogens is 1. The quantitative estimate of drug-likeness (QED) is 0.772. The summed E-state index contributed by atoms with van der Waals surface area (Å²) in [5, 5.41) is 0. The summed E-state index contributed by atoms with van der Waals surface area (Å²) >= 11 is 0. The highest BCUT2D eigenvalue weighted by Gasteiger charge is 2.61. The summed E-state index contributed by atoms with van der Waals surface area (Å²) in [6, 6.07) is 16.0. The van der Waals surface area contributed by atoms with Crippen LogP contribution in [0.2, 0.25) is 0 Å². The van der Waals surface area contributed by atoms with Crippen LogP contribution in [0.15, 0.2) is 54.6 Å². The Morgan fingerprint density at radius 3 is 2.46 bits per heavy atom. The van der Waals surface area contributed by atoms with Crippen molar-refractivity contribution in [2.24, 2.45) is 5.92 Å². The molecule has 2 aromatic rings. The van der Waals surface area contributed by atoms with Gasteiger partial charge in [-0.2, -0.15) is 0 Å². The van der Waals surface area contributed by atoms with Crippen LogP contribution in [-0.2, 0) is 27.5 Å². The maximum Gasteiger partial charge on any atom is 0.242 e. The molecule has 3 unspecified atom stereocenters. The normalized spacial score (nSPS) is 23.5. The summed E-state index contributed by atoms with van der Waals surface area (Å²) in [6.45, 7) is 3.00. The second kappa shape index (κ2) is 7.72. The van der Waals surface area contributed by atoms with E-state index in [0.29, 0.717) is 19.8 Å². The first-order valence-electron chi connectivity index (χ1n) is 9.47. The molecule has 1 aliphatic carbocycles. The predicted molar refractivity (Wildman–Crippen MR) is 102 cm³/mol. The Morgan fingerprint density at radius 2 is 1.79 bits per heavy atom. The number of hydrogen-bond acceptors (Lipinski definition) is 3. The van der Waals surface area contributed by atoms with Crippen LogP contribution < -0.4 is 0 Å². The highest BCUT2D eigenvalue weighted by Crippen LogP contribution is 2.44. The molecular formula is C22H23FN2O3. The molecule has 0 spiro atoms. The fourth-order valence-electron chi connectivity index (χ4n) is 4.06. The molecule has 5 nitrogen and oxygen atoms in total. The summed E-state index contributed by atoms with van der Waals surface area (Å²) in [5.74, 6) is -0.367. The van der Waals surface area contributed by atoms with Crippen molar-refractivity contribution in [3.63, 3.8) is 0 Å². The fraction of sp³-hybridized carbons (Fsp3) is 0.364. The van der Waals surface area contributed by atoms with Crippen molar-refractivity contribution in [1.29, 1.82) is 0 Å². The molecule has 146 valence electrons. The maximum absolute atomic E-state index is 13.2. The topological polar surface area (TPSA) is 49.9 Å². The van der Waals surface area contributed by atoms with Gasteiger partial charge in [-0.3, -0.25) is 9.59 Å². The molecule has 1 aliphatic heterocycles. The van der Waals surface area contributed by atoms with Gasteiger partial charge in [0.15, 0.2) is 0 Å². The maximum atomic E-state index is 13.2. The molecule has 1 saturated carbocycles. The second-order valence-corrected chi connectivity index (χ2v) is 7.44. The number of ether oxygens (including phenoxy) is 1. The highest BCUT2D eigenvalue weighted by atomic mass is 19.1. The van der Waals surface area contributed by atoms with E-state index in [1.54, 1.807) is 17.0 Å². The van der Waals surface area contributed by atoms with Crippen molar-refractivity contribution in [2.75, 3.05) is 13.2 Å². The first kappa shape index (κ1) is 18.6. The Hall–Kier alpha value is -2.73. The minimum Gasteiger partial charge on any atom is -0.376 e. The van der Waals surface area contributed by atoms with Crippen LogP contribution in [-0.4, -0.2) is 46.8 Å². The molecule has 2 aromatic carbocycles. The molecule has 6 heteroatoms. The van der Waals surface area contributed by atoms with Crippen LogP contribution in [0.5, 0.6) is 0 Å². The van der Waals surface area contributed by atoms with Crippen molar-refractivity contribution >= 4 is 11.8 Å². The molecule has 1 heterocycles. The van der Waals surface area contributed by atoms with E-state index >= 15 is 0 Å². The van der Waals surface area contributed by atoms with Crippen molar-refractivity contribution in [2.45, 2.75) is 32.2 Å². The third-order valence-electron chi connectivity index (χ3n) is 5.52. The Bertz CT molecular complexity index is 856. The van der Waals surface area contributed by atoms with Crippen molar-refractivity contribution in [3.05, 3.63) is 71.5 Å². The minimum atomic E-state index is -0.298. The van der Waals surface area contributed by atoms with Crippen LogP contribution in [0.1, 0.15) is 18.1 Å². The lowest BCUT2D eigenvalue weighted by Gasteiger charge is -2.33. The van der Waals surface area contributed by atoms with Crippen molar-refractivity contribution < 1.29 is 18.7 Å². The molecular weight excluding hydrogens is 359 g/mol. The van der Waals surface area contributed by atoms with Gasteiger partial charge in [0.05, 0.1) is 25.3 Å². The van der Waals surface area contributed by atoms with Gasteiger partial charge in [0.25, 0.3) is 0 Å². The zero-order valence-electron chi connectivity index (χ0n) is 15.8. The molecule has 3 atom stereocenters. The van der Waals surface area contributed by atoms with E-state index in [4.69, 9.17) is 4.74 Å². The van der Waals surface area contributed by atoms with Crippen LogP contribution in [0, 0.1) is 11.7 Å². The number of nitrogens with zero attached hydrogens (tertiary/aromatic N) is 2. The third kappa shape index (κ3) is 3.78. The summed E-state index contributed by atoms with van der Waals surface area (Å²) < 4.78 is 19.1. The van der Waals surface area contributed by atoms with E-state index in [1.165, 1.54) is 19.1 Å². The predicted octanol–water partition coefficient (Wildman–Crippen LogP) is 2.60. The van der Waals surface area contributed by atoms with E-state index < -0.39 is 0 Å². The number of benzene rings is 2. The standard InChI is InChI=1S/C22H23FN2O3/c1-15(26)24-12-20(27)25(11-16-7-9-18(23)10-8-16)22-19(21(22)24)14-28-13-17-5-3-2-4-6-17/h2-10,19,21-22H,11-14H2,1H3. The largest absolute Gasteiger partial charge is 0.376 e. The van der Waals surface area contributed by atoms with Gasteiger partial charge in [-0.05, 0) is 23.3 Å². The summed E-state index contributed by atoms with van der Waals surface area (Å²) in [6.07, 6.45) is 0. The molecule has 2 aliphatic rings. The first-order valence-corrected chi connectivity index (χ1v) is 9.47. The third-order valence-corrected chi connectivity index (χ3v) is 5.52. The van der Waals surface area contributed by atoms with Gasteiger partial charge in [0.1, 0.15) is 12.4 Å². The number of piperazine rings is 1. The van der Waals surface area contributed by atoms with E-state index in [0.717, 1.165) is 11.1 Å². The molecule has 0 bridgehead atoms. The average molecular weight is 382 g/mol. The van der Waals surface area contributed by atoms with Gasteiger partial charge in [0, 0.05) is 19.4 Å². The zero-order valence-corrected chi connectivity index (χ0v) is 15.8. The van der Waals surface area contributed by atoms with Crippen LogP contribution in [0.3, 0.4) is 0 Å². The average Bonchev–Trinajstić information content (AvgIpc) is 3.40. The number of hydrogen-bond donors (Lipinski definition) is 0. The van der Waals surface area contributed by atoms with E-state index in [1.807, 2.05) is 35.2 Å². The van der Waals surface area contributed by atoms with Crippen LogP contribution in [0.25, 0.3) is 0 Å². The molecule has 2 fully saturated rings.